The molecule has 1 saturated heterocycles. The Morgan fingerprint density at radius 2 is 1.48 bits per heavy atom. The fourth-order valence-corrected chi connectivity index (χ4v) is 4.13. The van der Waals surface area contributed by atoms with Crippen LogP contribution in [0.25, 0.3) is 0 Å². The van der Waals surface area contributed by atoms with Crippen molar-refractivity contribution < 1.29 is 19.2 Å². The highest BCUT2D eigenvalue weighted by atomic mass is 16.2. The van der Waals surface area contributed by atoms with Gasteiger partial charge in [0.25, 0.3) is 17.7 Å². The van der Waals surface area contributed by atoms with Crippen LogP contribution in [0.3, 0.4) is 0 Å². The van der Waals surface area contributed by atoms with Gasteiger partial charge in [-0.05, 0) is 44.0 Å². The van der Waals surface area contributed by atoms with E-state index in [1.54, 1.807) is 55.5 Å². The lowest BCUT2D eigenvalue weighted by molar-refractivity contribution is -0.138. The lowest BCUT2D eigenvalue weighted by Gasteiger charge is -2.33. The Morgan fingerprint density at radius 1 is 0.897 bits per heavy atom. The van der Waals surface area contributed by atoms with Gasteiger partial charge in [-0.3, -0.25) is 29.0 Å². The summed E-state index contributed by atoms with van der Waals surface area (Å²) in [6.45, 7) is 2.05. The van der Waals surface area contributed by atoms with Crippen molar-refractivity contribution in [3.05, 3.63) is 71.3 Å². The molecule has 6 nitrogen and oxygen atoms in total. The molecule has 1 fully saturated rings. The summed E-state index contributed by atoms with van der Waals surface area (Å²) in [7, 11) is 0. The fraction of sp³-hybridized carbons (Fsp3) is 0.304. The molecule has 4 rings (SSSR count). The summed E-state index contributed by atoms with van der Waals surface area (Å²) >= 11 is 0. The number of amides is 4. The van der Waals surface area contributed by atoms with Gasteiger partial charge in [0.05, 0.1) is 16.5 Å². The number of carbonyl (C=O) groups is 4. The van der Waals surface area contributed by atoms with Crippen molar-refractivity contribution in [1.29, 1.82) is 0 Å². The third-order valence-electron chi connectivity index (χ3n) is 5.77. The zero-order valence-corrected chi connectivity index (χ0v) is 16.3. The maximum atomic E-state index is 13.4. The smallest absolute Gasteiger partial charge is 0.261 e. The molecule has 6 heteroatoms. The van der Waals surface area contributed by atoms with E-state index in [1.807, 2.05) is 6.07 Å². The molecule has 0 N–H and O–H groups in total. The molecule has 0 spiro atoms. The monoisotopic (exact) mass is 390 g/mol. The first-order chi connectivity index (χ1) is 13.9. The number of rotatable bonds is 3. The minimum atomic E-state index is -1.01. The molecule has 0 aliphatic carbocycles. The summed E-state index contributed by atoms with van der Waals surface area (Å²) < 4.78 is 0. The van der Waals surface area contributed by atoms with Crippen molar-refractivity contribution in [2.24, 2.45) is 5.41 Å². The molecule has 1 unspecified atom stereocenters. The van der Waals surface area contributed by atoms with Crippen LogP contribution in [0.1, 0.15) is 57.3 Å². The van der Waals surface area contributed by atoms with Crippen molar-refractivity contribution in [2.75, 3.05) is 13.1 Å². The molecule has 2 aromatic rings. The predicted octanol–water partition coefficient (Wildman–Crippen LogP) is 3.14. The number of benzene rings is 2. The first-order valence-electron chi connectivity index (χ1n) is 9.79. The van der Waals surface area contributed by atoms with Crippen molar-refractivity contribution in [1.82, 2.24) is 9.80 Å². The van der Waals surface area contributed by atoms with E-state index in [1.165, 1.54) is 4.90 Å². The minimum absolute atomic E-state index is 0.0310. The second-order valence-corrected chi connectivity index (χ2v) is 7.89. The van der Waals surface area contributed by atoms with Crippen LogP contribution in [-0.4, -0.2) is 46.5 Å². The molecular weight excluding hydrogens is 368 g/mol. The van der Waals surface area contributed by atoms with Gasteiger partial charge in [0, 0.05) is 18.7 Å². The Morgan fingerprint density at radius 3 is 2.10 bits per heavy atom. The second kappa shape index (κ2) is 7.28. The number of hydrogen-bond acceptors (Lipinski definition) is 4. The second-order valence-electron chi connectivity index (χ2n) is 7.89. The summed E-state index contributed by atoms with van der Waals surface area (Å²) in [6.07, 6.45) is 1.95. The van der Waals surface area contributed by atoms with Crippen molar-refractivity contribution in [3.8, 4) is 0 Å². The number of nitrogens with zero attached hydrogens (tertiary/aromatic N) is 2. The molecule has 2 aliphatic rings. The molecule has 2 aromatic carbocycles. The Balaban J connectivity index is 1.61. The Hall–Kier alpha value is -3.28. The molecule has 4 amide bonds. The zero-order chi connectivity index (χ0) is 20.6. The van der Waals surface area contributed by atoms with E-state index >= 15 is 0 Å². The molecule has 0 radical (unpaired) electrons. The lowest BCUT2D eigenvalue weighted by Crippen LogP contribution is -2.50. The quantitative estimate of drug-likeness (QED) is 0.755. The Kier molecular flexibility index (Phi) is 4.78. The SMILES string of the molecule is CC1(CN2C(=O)c3ccccc3C2=O)CCCCN(C(=O)c2ccccc2)C1=O. The standard InChI is InChI=1S/C23H22N2O4/c1-23(15-25-20(27)17-11-5-6-12-18(17)21(25)28)13-7-8-14-24(22(23)29)19(26)16-9-3-2-4-10-16/h2-6,9-12H,7-8,13-15H2,1H3. The van der Waals surface area contributed by atoms with Crippen LogP contribution in [0.2, 0.25) is 0 Å². The van der Waals surface area contributed by atoms with Crippen LogP contribution < -0.4 is 0 Å². The van der Waals surface area contributed by atoms with E-state index in [0.717, 1.165) is 11.3 Å². The van der Waals surface area contributed by atoms with E-state index in [9.17, 15) is 19.2 Å². The molecule has 0 aromatic heterocycles. The van der Waals surface area contributed by atoms with Crippen molar-refractivity contribution in [3.63, 3.8) is 0 Å². The van der Waals surface area contributed by atoms with Gasteiger partial charge in [-0.2, -0.15) is 0 Å². The molecular formula is C23H22N2O4. The summed E-state index contributed by atoms with van der Waals surface area (Å²) in [6, 6.07) is 15.4. The zero-order valence-electron chi connectivity index (χ0n) is 16.3. The summed E-state index contributed by atoms with van der Waals surface area (Å²) in [5.41, 5.74) is 0.165. The van der Waals surface area contributed by atoms with Gasteiger partial charge in [-0.25, -0.2) is 0 Å². The van der Waals surface area contributed by atoms with Crippen molar-refractivity contribution in [2.45, 2.75) is 26.2 Å². The fourth-order valence-electron chi connectivity index (χ4n) is 4.13. The lowest BCUT2D eigenvalue weighted by atomic mass is 9.83. The van der Waals surface area contributed by atoms with E-state index in [0.29, 0.717) is 36.1 Å². The minimum Gasteiger partial charge on any atom is -0.278 e. The van der Waals surface area contributed by atoms with Crippen LogP contribution in [0.4, 0.5) is 0 Å². The molecule has 0 bridgehead atoms. The molecule has 0 saturated carbocycles. The first-order valence-corrected chi connectivity index (χ1v) is 9.79. The van der Waals surface area contributed by atoms with Crippen molar-refractivity contribution >= 4 is 23.6 Å². The maximum Gasteiger partial charge on any atom is 0.261 e. The van der Waals surface area contributed by atoms with Crippen LogP contribution in [0.5, 0.6) is 0 Å². The van der Waals surface area contributed by atoms with Gasteiger partial charge in [-0.1, -0.05) is 36.8 Å². The maximum absolute atomic E-state index is 13.4. The predicted molar refractivity (Wildman–Crippen MR) is 106 cm³/mol. The Labute approximate surface area is 169 Å². The number of imide groups is 2. The highest BCUT2D eigenvalue weighted by Crippen LogP contribution is 2.34. The highest BCUT2D eigenvalue weighted by molar-refractivity contribution is 6.21. The van der Waals surface area contributed by atoms with Gasteiger partial charge in [-0.15, -0.1) is 0 Å². The number of likely N-dealkylation sites (tertiary alicyclic amines) is 1. The van der Waals surface area contributed by atoms with Gasteiger partial charge in [0.15, 0.2) is 0 Å². The molecule has 2 heterocycles. The average Bonchev–Trinajstić information content (AvgIpc) is 2.88. The third kappa shape index (κ3) is 3.24. The van der Waals surface area contributed by atoms with Gasteiger partial charge in [0.1, 0.15) is 0 Å². The van der Waals surface area contributed by atoms with E-state index in [-0.39, 0.29) is 30.2 Å². The van der Waals surface area contributed by atoms with Gasteiger partial charge >= 0.3 is 0 Å². The summed E-state index contributed by atoms with van der Waals surface area (Å²) in [4.78, 5) is 54.3. The number of hydrogen-bond donors (Lipinski definition) is 0. The van der Waals surface area contributed by atoms with Crippen LogP contribution in [0, 0.1) is 5.41 Å². The van der Waals surface area contributed by atoms with E-state index in [2.05, 4.69) is 0 Å². The number of carbonyl (C=O) groups excluding carboxylic acids is 4. The topological polar surface area (TPSA) is 74.8 Å². The van der Waals surface area contributed by atoms with Gasteiger partial charge in [0.2, 0.25) is 5.91 Å². The van der Waals surface area contributed by atoms with E-state index < -0.39 is 5.41 Å². The van der Waals surface area contributed by atoms with E-state index in [4.69, 9.17) is 0 Å². The molecule has 148 valence electrons. The molecule has 29 heavy (non-hydrogen) atoms. The molecule has 2 aliphatic heterocycles. The Bertz CT molecular complexity index is 966. The van der Waals surface area contributed by atoms with Gasteiger partial charge < -0.3 is 0 Å². The third-order valence-corrected chi connectivity index (χ3v) is 5.77. The van der Waals surface area contributed by atoms with Crippen LogP contribution >= 0.6 is 0 Å². The molecule has 1 atom stereocenters. The first kappa shape index (κ1) is 19.1. The largest absolute Gasteiger partial charge is 0.278 e. The highest BCUT2D eigenvalue weighted by Gasteiger charge is 2.46. The normalized spacial score (nSPS) is 21.9. The average molecular weight is 390 g/mol. The number of fused-ring (bicyclic) bond motifs is 1. The summed E-state index contributed by atoms with van der Waals surface area (Å²) in [5.74, 6) is -1.44. The summed E-state index contributed by atoms with van der Waals surface area (Å²) in [5, 5.41) is 0. The van der Waals surface area contributed by atoms with Crippen LogP contribution in [0.15, 0.2) is 54.6 Å². The van der Waals surface area contributed by atoms with Crippen LogP contribution in [-0.2, 0) is 4.79 Å².